The molecule has 25 heavy (non-hydrogen) atoms. The SMILES string of the molecule is C=C1CC[C@H]2[C@H](CO)[C@@H]([C@@]3(C)Cc4conc4C[C@@H]3CO)CC[C@]12C. The molecule has 6 atom stereocenters. The van der Waals surface area contributed by atoms with E-state index in [0.717, 1.165) is 44.2 Å². The van der Waals surface area contributed by atoms with Crippen LogP contribution < -0.4 is 0 Å². The van der Waals surface area contributed by atoms with Gasteiger partial charge in [-0.2, -0.15) is 0 Å². The lowest BCUT2D eigenvalue weighted by Crippen LogP contribution is -2.52. The summed E-state index contributed by atoms with van der Waals surface area (Å²) in [6, 6.07) is 0. The summed E-state index contributed by atoms with van der Waals surface area (Å²) < 4.78 is 5.20. The molecule has 0 aromatic carbocycles. The molecule has 0 aliphatic heterocycles. The number of rotatable bonds is 3. The van der Waals surface area contributed by atoms with Gasteiger partial charge in [0.1, 0.15) is 6.26 Å². The predicted octanol–water partition coefficient (Wildman–Crippen LogP) is 3.38. The summed E-state index contributed by atoms with van der Waals surface area (Å²) in [6.07, 6.45) is 7.95. The summed E-state index contributed by atoms with van der Waals surface area (Å²) >= 11 is 0. The van der Waals surface area contributed by atoms with Crippen molar-refractivity contribution in [2.24, 2.45) is 34.5 Å². The number of aliphatic hydroxyl groups excluding tert-OH is 2. The Kier molecular flexibility index (Phi) is 4.12. The van der Waals surface area contributed by atoms with Gasteiger partial charge in [0.25, 0.3) is 0 Å². The Morgan fingerprint density at radius 2 is 2.04 bits per heavy atom. The number of aliphatic hydroxyl groups is 2. The van der Waals surface area contributed by atoms with Gasteiger partial charge in [0.05, 0.1) is 5.69 Å². The second-order valence-electron chi connectivity index (χ2n) is 9.21. The van der Waals surface area contributed by atoms with Gasteiger partial charge in [-0.3, -0.25) is 0 Å². The lowest BCUT2D eigenvalue weighted by molar-refractivity contribution is -0.0737. The van der Waals surface area contributed by atoms with Crippen molar-refractivity contribution >= 4 is 0 Å². The molecule has 4 rings (SSSR count). The first kappa shape index (κ1) is 17.3. The maximum Gasteiger partial charge on any atom is 0.127 e. The van der Waals surface area contributed by atoms with Crippen molar-refractivity contribution in [3.63, 3.8) is 0 Å². The van der Waals surface area contributed by atoms with Crippen LogP contribution in [-0.4, -0.2) is 28.6 Å². The lowest BCUT2D eigenvalue weighted by Gasteiger charge is -2.55. The zero-order valence-electron chi connectivity index (χ0n) is 15.5. The number of aromatic nitrogens is 1. The molecule has 138 valence electrons. The van der Waals surface area contributed by atoms with Crippen LogP contribution in [0.4, 0.5) is 0 Å². The molecule has 0 unspecified atom stereocenters. The molecule has 1 aromatic rings. The average molecular weight is 345 g/mol. The van der Waals surface area contributed by atoms with E-state index in [0.29, 0.717) is 17.8 Å². The van der Waals surface area contributed by atoms with Gasteiger partial charge >= 0.3 is 0 Å². The van der Waals surface area contributed by atoms with Crippen LogP contribution in [0.2, 0.25) is 0 Å². The van der Waals surface area contributed by atoms with Gasteiger partial charge in [0.2, 0.25) is 0 Å². The molecule has 0 amide bonds. The fourth-order valence-corrected chi connectivity index (χ4v) is 6.59. The first-order chi connectivity index (χ1) is 11.9. The summed E-state index contributed by atoms with van der Waals surface area (Å²) in [4.78, 5) is 0. The number of allylic oxidation sites excluding steroid dienone is 1. The van der Waals surface area contributed by atoms with Gasteiger partial charge in [-0.1, -0.05) is 31.2 Å². The Morgan fingerprint density at radius 1 is 1.24 bits per heavy atom. The van der Waals surface area contributed by atoms with Crippen LogP contribution in [0, 0.1) is 34.5 Å². The lowest BCUT2D eigenvalue weighted by atomic mass is 9.49. The van der Waals surface area contributed by atoms with E-state index >= 15 is 0 Å². The van der Waals surface area contributed by atoms with Gasteiger partial charge in [-0.15, -0.1) is 0 Å². The van der Waals surface area contributed by atoms with Gasteiger partial charge in [-0.25, -0.2) is 0 Å². The van der Waals surface area contributed by atoms with Crippen LogP contribution in [0.25, 0.3) is 0 Å². The number of hydrogen-bond donors (Lipinski definition) is 2. The highest BCUT2D eigenvalue weighted by atomic mass is 16.5. The third-order valence-corrected chi connectivity index (χ3v) is 8.34. The second-order valence-corrected chi connectivity index (χ2v) is 9.21. The van der Waals surface area contributed by atoms with E-state index in [9.17, 15) is 10.2 Å². The van der Waals surface area contributed by atoms with E-state index in [1.807, 2.05) is 0 Å². The summed E-state index contributed by atoms with van der Waals surface area (Å²) in [6.45, 7) is 9.44. The van der Waals surface area contributed by atoms with E-state index in [1.54, 1.807) is 6.26 Å². The van der Waals surface area contributed by atoms with Crippen molar-refractivity contribution in [3.8, 4) is 0 Å². The third-order valence-electron chi connectivity index (χ3n) is 8.34. The molecule has 2 fully saturated rings. The van der Waals surface area contributed by atoms with Crippen LogP contribution >= 0.6 is 0 Å². The van der Waals surface area contributed by atoms with Gasteiger partial charge < -0.3 is 14.7 Å². The highest BCUT2D eigenvalue weighted by molar-refractivity contribution is 5.25. The highest BCUT2D eigenvalue weighted by Crippen LogP contribution is 2.62. The minimum Gasteiger partial charge on any atom is -0.396 e. The van der Waals surface area contributed by atoms with E-state index in [-0.39, 0.29) is 30.0 Å². The second kappa shape index (κ2) is 5.95. The monoisotopic (exact) mass is 345 g/mol. The highest BCUT2D eigenvalue weighted by Gasteiger charge is 2.56. The van der Waals surface area contributed by atoms with Gasteiger partial charge in [0, 0.05) is 18.8 Å². The molecule has 0 saturated heterocycles. The molecular weight excluding hydrogens is 314 g/mol. The zero-order chi connectivity index (χ0) is 17.8. The summed E-state index contributed by atoms with van der Waals surface area (Å²) in [5.74, 6) is 1.40. The van der Waals surface area contributed by atoms with E-state index in [2.05, 4.69) is 25.6 Å². The fraction of sp³-hybridized carbons (Fsp3) is 0.762. The molecule has 3 aliphatic rings. The quantitative estimate of drug-likeness (QED) is 0.824. The van der Waals surface area contributed by atoms with Crippen molar-refractivity contribution in [1.29, 1.82) is 0 Å². The van der Waals surface area contributed by atoms with E-state index < -0.39 is 0 Å². The van der Waals surface area contributed by atoms with Gasteiger partial charge in [-0.05, 0) is 73.0 Å². The molecule has 1 aromatic heterocycles. The van der Waals surface area contributed by atoms with Crippen LogP contribution in [0.3, 0.4) is 0 Å². The van der Waals surface area contributed by atoms with Crippen molar-refractivity contribution in [2.45, 2.75) is 52.4 Å². The van der Waals surface area contributed by atoms with Gasteiger partial charge in [0.15, 0.2) is 0 Å². The van der Waals surface area contributed by atoms with Crippen LogP contribution in [0.15, 0.2) is 22.9 Å². The van der Waals surface area contributed by atoms with Crippen molar-refractivity contribution < 1.29 is 14.7 Å². The molecule has 2 N–H and O–H groups in total. The maximum atomic E-state index is 10.3. The zero-order valence-corrected chi connectivity index (χ0v) is 15.5. The van der Waals surface area contributed by atoms with Crippen molar-refractivity contribution in [2.75, 3.05) is 13.2 Å². The van der Waals surface area contributed by atoms with Crippen molar-refractivity contribution in [3.05, 3.63) is 29.7 Å². The number of fused-ring (bicyclic) bond motifs is 2. The summed E-state index contributed by atoms with van der Waals surface area (Å²) in [7, 11) is 0. The molecular formula is C21H31NO3. The third kappa shape index (κ3) is 2.37. The van der Waals surface area contributed by atoms with Crippen LogP contribution in [0.1, 0.15) is 50.8 Å². The largest absolute Gasteiger partial charge is 0.396 e. The summed E-state index contributed by atoms with van der Waals surface area (Å²) in [5.41, 5.74) is 3.74. The van der Waals surface area contributed by atoms with Crippen LogP contribution in [0.5, 0.6) is 0 Å². The molecule has 2 saturated carbocycles. The van der Waals surface area contributed by atoms with Crippen LogP contribution in [-0.2, 0) is 12.8 Å². The Bertz CT molecular complexity index is 668. The molecule has 4 heteroatoms. The molecule has 0 spiro atoms. The molecule has 4 nitrogen and oxygen atoms in total. The van der Waals surface area contributed by atoms with E-state index in [1.165, 1.54) is 11.1 Å². The minimum atomic E-state index is -0.0219. The standard InChI is InChI=1S/C21H31NO3/c1-13-4-5-17-16(11-24)18(6-7-20(13,17)2)21(3)9-14-12-25-22-19(14)8-15(21)10-23/h12,15-18,23-24H,1,4-11H2,2-3H3/t15-,16+,17+,18+,20-,21+/m1/s1. The normalized spacial score (nSPS) is 43.8. The first-order valence-corrected chi connectivity index (χ1v) is 9.76. The minimum absolute atomic E-state index is 0.0219. The Hall–Kier alpha value is -1.13. The Morgan fingerprint density at radius 3 is 2.76 bits per heavy atom. The first-order valence-electron chi connectivity index (χ1n) is 9.76. The Balaban J connectivity index is 1.69. The molecule has 1 heterocycles. The smallest absolute Gasteiger partial charge is 0.127 e. The van der Waals surface area contributed by atoms with E-state index in [4.69, 9.17) is 4.52 Å². The average Bonchev–Trinajstić information content (AvgIpc) is 3.17. The Labute approximate surface area is 150 Å². The summed E-state index contributed by atoms with van der Waals surface area (Å²) in [5, 5.41) is 24.6. The number of nitrogens with zero attached hydrogens (tertiary/aromatic N) is 1. The fourth-order valence-electron chi connectivity index (χ4n) is 6.59. The van der Waals surface area contributed by atoms with Crippen molar-refractivity contribution in [1.82, 2.24) is 5.16 Å². The number of hydrogen-bond acceptors (Lipinski definition) is 4. The molecule has 0 radical (unpaired) electrons. The predicted molar refractivity (Wildman–Crippen MR) is 95.9 cm³/mol. The molecule has 3 aliphatic carbocycles. The molecule has 0 bridgehead atoms. The topological polar surface area (TPSA) is 66.5 Å². The maximum absolute atomic E-state index is 10.3.